The lowest BCUT2D eigenvalue weighted by Gasteiger charge is -2.36. The molecule has 2 fully saturated rings. The first-order valence-corrected chi connectivity index (χ1v) is 7.63. The second kappa shape index (κ2) is 6.23. The van der Waals surface area contributed by atoms with Crippen molar-refractivity contribution in [2.45, 2.75) is 76.5 Å². The Morgan fingerprint density at radius 2 is 1.95 bits per heavy atom. The molecule has 1 amide bonds. The molecule has 0 bridgehead atoms. The molecule has 0 aromatic rings. The van der Waals surface area contributed by atoms with E-state index in [-0.39, 0.29) is 17.6 Å². The topological polar surface area (TPSA) is 64.4 Å². The Kier molecular flexibility index (Phi) is 4.85. The van der Waals surface area contributed by atoms with Crippen molar-refractivity contribution in [3.05, 3.63) is 0 Å². The molecule has 4 heteroatoms. The molecular formula is C15H28N2O2. The summed E-state index contributed by atoms with van der Waals surface area (Å²) < 4.78 is 5.67. The second-order valence-corrected chi connectivity index (χ2v) is 6.85. The Morgan fingerprint density at radius 1 is 1.26 bits per heavy atom. The first-order valence-electron chi connectivity index (χ1n) is 7.63. The summed E-state index contributed by atoms with van der Waals surface area (Å²) in [5.41, 5.74) is 5.79. The normalized spacial score (nSPS) is 34.8. The van der Waals surface area contributed by atoms with E-state index >= 15 is 0 Å². The summed E-state index contributed by atoms with van der Waals surface area (Å²) >= 11 is 0. The monoisotopic (exact) mass is 268 g/mol. The largest absolute Gasteiger partial charge is 0.375 e. The van der Waals surface area contributed by atoms with E-state index in [9.17, 15) is 4.79 Å². The maximum atomic E-state index is 12.1. The summed E-state index contributed by atoms with van der Waals surface area (Å²) in [7, 11) is 0. The van der Waals surface area contributed by atoms with E-state index in [1.807, 2.05) is 0 Å². The van der Waals surface area contributed by atoms with E-state index in [1.54, 1.807) is 0 Å². The third-order valence-corrected chi connectivity index (χ3v) is 4.43. The highest BCUT2D eigenvalue weighted by atomic mass is 16.5. The Labute approximate surface area is 116 Å². The van der Waals surface area contributed by atoms with Gasteiger partial charge in [0.15, 0.2) is 0 Å². The van der Waals surface area contributed by atoms with Crippen molar-refractivity contribution < 1.29 is 9.53 Å². The minimum atomic E-state index is -0.103. The lowest BCUT2D eigenvalue weighted by molar-refractivity contribution is -0.125. The van der Waals surface area contributed by atoms with Crippen LogP contribution >= 0.6 is 0 Å². The van der Waals surface area contributed by atoms with E-state index in [0.29, 0.717) is 18.4 Å². The van der Waals surface area contributed by atoms with Crippen LogP contribution in [0.4, 0.5) is 0 Å². The van der Waals surface area contributed by atoms with E-state index < -0.39 is 0 Å². The van der Waals surface area contributed by atoms with Crippen LogP contribution in [-0.4, -0.2) is 30.2 Å². The number of hydrogen-bond acceptors (Lipinski definition) is 3. The highest BCUT2D eigenvalue weighted by Crippen LogP contribution is 2.27. The minimum absolute atomic E-state index is 0.103. The number of hydrogen-bond donors (Lipinski definition) is 2. The molecule has 1 heterocycles. The molecule has 2 aliphatic rings. The number of amides is 1. The average molecular weight is 268 g/mol. The molecule has 0 radical (unpaired) electrons. The lowest BCUT2D eigenvalue weighted by Crippen LogP contribution is -2.46. The molecule has 1 saturated carbocycles. The standard InChI is InChI=1S/C15H28N2O2/c1-15(2)10-13(7-8-19-15)17-14(18)9-11-3-5-12(16)6-4-11/h11-13H,3-10,16H2,1-2H3,(H,17,18). The Balaban J connectivity index is 1.72. The van der Waals surface area contributed by atoms with Gasteiger partial charge in [-0.15, -0.1) is 0 Å². The lowest BCUT2D eigenvalue weighted by atomic mass is 9.84. The number of carbonyl (C=O) groups excluding carboxylic acids is 1. The predicted molar refractivity (Wildman–Crippen MR) is 75.7 cm³/mol. The van der Waals surface area contributed by atoms with E-state index in [4.69, 9.17) is 10.5 Å². The Morgan fingerprint density at radius 3 is 2.58 bits per heavy atom. The van der Waals surface area contributed by atoms with Gasteiger partial charge in [0.1, 0.15) is 0 Å². The maximum absolute atomic E-state index is 12.1. The van der Waals surface area contributed by atoms with Crippen molar-refractivity contribution in [3.63, 3.8) is 0 Å². The van der Waals surface area contributed by atoms with Gasteiger partial charge in [0.2, 0.25) is 5.91 Å². The number of rotatable bonds is 3. The average Bonchev–Trinajstić information content (AvgIpc) is 2.30. The van der Waals surface area contributed by atoms with Crippen molar-refractivity contribution in [1.82, 2.24) is 5.32 Å². The van der Waals surface area contributed by atoms with Gasteiger partial charge in [-0.05, 0) is 58.3 Å². The predicted octanol–water partition coefficient (Wildman–Crippen LogP) is 1.97. The molecule has 1 aliphatic carbocycles. The van der Waals surface area contributed by atoms with Crippen LogP contribution in [0, 0.1) is 5.92 Å². The third kappa shape index (κ3) is 4.77. The summed E-state index contributed by atoms with van der Waals surface area (Å²) in [6.45, 7) is 4.93. The smallest absolute Gasteiger partial charge is 0.220 e. The quantitative estimate of drug-likeness (QED) is 0.822. The fourth-order valence-electron chi connectivity index (χ4n) is 3.30. The summed E-state index contributed by atoms with van der Waals surface area (Å²) in [5, 5.41) is 3.18. The minimum Gasteiger partial charge on any atom is -0.375 e. The number of ether oxygens (including phenoxy) is 1. The molecule has 1 saturated heterocycles. The summed E-state index contributed by atoms with van der Waals surface area (Å²) in [5.74, 6) is 0.746. The van der Waals surface area contributed by atoms with Gasteiger partial charge >= 0.3 is 0 Å². The first kappa shape index (κ1) is 14.8. The van der Waals surface area contributed by atoms with Crippen molar-refractivity contribution in [1.29, 1.82) is 0 Å². The molecule has 4 nitrogen and oxygen atoms in total. The van der Waals surface area contributed by atoms with Gasteiger partial charge in [-0.25, -0.2) is 0 Å². The number of nitrogens with one attached hydrogen (secondary N) is 1. The van der Waals surface area contributed by atoms with E-state index in [2.05, 4.69) is 19.2 Å². The highest BCUT2D eigenvalue weighted by Gasteiger charge is 2.30. The number of carbonyl (C=O) groups is 1. The van der Waals surface area contributed by atoms with Gasteiger partial charge in [0, 0.05) is 25.1 Å². The second-order valence-electron chi connectivity index (χ2n) is 6.85. The molecule has 2 rings (SSSR count). The van der Waals surface area contributed by atoms with Gasteiger partial charge in [0.25, 0.3) is 0 Å². The van der Waals surface area contributed by atoms with Crippen molar-refractivity contribution in [3.8, 4) is 0 Å². The zero-order chi connectivity index (χ0) is 13.9. The summed E-state index contributed by atoms with van der Waals surface area (Å²) in [4.78, 5) is 12.1. The zero-order valence-corrected chi connectivity index (χ0v) is 12.3. The van der Waals surface area contributed by atoms with Crippen LogP contribution in [-0.2, 0) is 9.53 Å². The van der Waals surface area contributed by atoms with Crippen LogP contribution in [0.15, 0.2) is 0 Å². The Bertz CT molecular complexity index is 309. The van der Waals surface area contributed by atoms with Gasteiger partial charge in [-0.1, -0.05) is 0 Å². The molecule has 0 aromatic carbocycles. The Hall–Kier alpha value is -0.610. The van der Waals surface area contributed by atoms with Gasteiger partial charge in [0.05, 0.1) is 5.60 Å². The third-order valence-electron chi connectivity index (χ3n) is 4.43. The van der Waals surface area contributed by atoms with Crippen LogP contribution in [0.2, 0.25) is 0 Å². The molecule has 110 valence electrons. The fourth-order valence-corrected chi connectivity index (χ4v) is 3.30. The first-order chi connectivity index (χ1) is 8.94. The molecule has 19 heavy (non-hydrogen) atoms. The molecule has 3 N–H and O–H groups in total. The van der Waals surface area contributed by atoms with Crippen LogP contribution in [0.3, 0.4) is 0 Å². The van der Waals surface area contributed by atoms with Crippen LogP contribution in [0.1, 0.15) is 58.8 Å². The SMILES string of the molecule is CC1(C)CC(NC(=O)CC2CCC(N)CC2)CCO1. The molecule has 1 atom stereocenters. The fraction of sp³-hybridized carbons (Fsp3) is 0.933. The van der Waals surface area contributed by atoms with Crippen molar-refractivity contribution >= 4 is 5.91 Å². The summed E-state index contributed by atoms with van der Waals surface area (Å²) in [6, 6.07) is 0.637. The maximum Gasteiger partial charge on any atom is 0.220 e. The van der Waals surface area contributed by atoms with Gasteiger partial charge in [-0.2, -0.15) is 0 Å². The van der Waals surface area contributed by atoms with Crippen LogP contribution in [0.25, 0.3) is 0 Å². The zero-order valence-electron chi connectivity index (χ0n) is 12.3. The van der Waals surface area contributed by atoms with Gasteiger partial charge < -0.3 is 15.8 Å². The van der Waals surface area contributed by atoms with Gasteiger partial charge in [-0.3, -0.25) is 4.79 Å². The van der Waals surface area contributed by atoms with Crippen LogP contribution < -0.4 is 11.1 Å². The van der Waals surface area contributed by atoms with E-state index in [1.165, 1.54) is 0 Å². The summed E-state index contributed by atoms with van der Waals surface area (Å²) in [6.07, 6.45) is 6.87. The molecule has 1 aliphatic heterocycles. The molecule has 1 unspecified atom stereocenters. The highest BCUT2D eigenvalue weighted by molar-refractivity contribution is 5.76. The van der Waals surface area contributed by atoms with Crippen molar-refractivity contribution in [2.75, 3.05) is 6.61 Å². The molecule has 0 spiro atoms. The molecular weight excluding hydrogens is 240 g/mol. The molecule has 0 aromatic heterocycles. The van der Waals surface area contributed by atoms with E-state index in [0.717, 1.165) is 45.1 Å². The number of nitrogens with two attached hydrogens (primary N) is 1. The van der Waals surface area contributed by atoms with Crippen molar-refractivity contribution in [2.24, 2.45) is 11.7 Å². The van der Waals surface area contributed by atoms with Crippen LogP contribution in [0.5, 0.6) is 0 Å².